The lowest BCUT2D eigenvalue weighted by atomic mass is 9.95. The molecule has 0 unspecified atom stereocenters. The summed E-state index contributed by atoms with van der Waals surface area (Å²) >= 11 is 12.7. The van der Waals surface area contributed by atoms with Crippen LogP contribution in [0.1, 0.15) is 44.6 Å². The fourth-order valence-corrected chi connectivity index (χ4v) is 5.62. The van der Waals surface area contributed by atoms with Crippen molar-refractivity contribution in [2.75, 3.05) is 17.1 Å². The summed E-state index contributed by atoms with van der Waals surface area (Å²) in [6, 6.07) is 9.21. The molecule has 0 bridgehead atoms. The van der Waals surface area contributed by atoms with Gasteiger partial charge in [-0.3, -0.25) is 13.9 Å². The molecule has 0 spiro atoms. The molecule has 196 valence electrons. The summed E-state index contributed by atoms with van der Waals surface area (Å²) in [5, 5.41) is 3.60. The molecule has 0 radical (unpaired) electrons. The number of anilines is 1. The summed E-state index contributed by atoms with van der Waals surface area (Å²) in [4.78, 5) is 28.0. The highest BCUT2D eigenvalue weighted by Gasteiger charge is 2.32. The average Bonchev–Trinajstić information content (AvgIpc) is 2.82. The number of amides is 2. The van der Waals surface area contributed by atoms with Crippen molar-refractivity contribution in [1.82, 2.24) is 10.2 Å². The molecule has 1 aliphatic rings. The minimum Gasteiger partial charge on any atom is -0.352 e. The highest BCUT2D eigenvalue weighted by molar-refractivity contribution is 7.92. The molecular weight excluding hydrogens is 528 g/mol. The first-order valence-corrected chi connectivity index (χ1v) is 14.3. The highest BCUT2D eigenvalue weighted by Crippen LogP contribution is 2.28. The molecule has 11 heteroatoms. The number of rotatable bonds is 9. The molecule has 1 atom stereocenters. The van der Waals surface area contributed by atoms with Gasteiger partial charge in [0.2, 0.25) is 21.8 Å². The second-order valence-electron chi connectivity index (χ2n) is 8.96. The van der Waals surface area contributed by atoms with Gasteiger partial charge < -0.3 is 10.2 Å². The van der Waals surface area contributed by atoms with E-state index in [4.69, 9.17) is 23.2 Å². The standard InChI is InChI=1S/C25H30Cl2FN3O4S/c1-17(25(33)29-18-9-4-3-5-10-18)30(15-19-20(26)11-8-12-21(19)27)24(32)16-31(36(2,34)35)23-14-7-6-13-22(23)28/h6-8,11-14,17-18H,3-5,9-10,15-16H2,1-2H3,(H,29,33)/t17-/m0/s1. The van der Waals surface area contributed by atoms with Gasteiger partial charge in [0.25, 0.3) is 0 Å². The molecule has 1 saturated carbocycles. The number of hydrogen-bond donors (Lipinski definition) is 1. The lowest BCUT2D eigenvalue weighted by Crippen LogP contribution is -2.53. The first-order valence-electron chi connectivity index (χ1n) is 11.7. The fraction of sp³-hybridized carbons (Fsp3) is 0.440. The molecule has 36 heavy (non-hydrogen) atoms. The molecule has 0 aromatic heterocycles. The SMILES string of the molecule is C[C@@H](C(=O)NC1CCCCC1)N(Cc1c(Cl)cccc1Cl)C(=O)CN(c1ccccc1F)S(C)(=O)=O. The number of carbonyl (C=O) groups excluding carboxylic acids is 2. The third-order valence-corrected chi connectivity index (χ3v) is 8.14. The Hall–Kier alpha value is -2.36. The Morgan fingerprint density at radius 1 is 1.06 bits per heavy atom. The van der Waals surface area contributed by atoms with E-state index in [0.29, 0.717) is 19.9 Å². The Labute approximate surface area is 221 Å². The van der Waals surface area contributed by atoms with Crippen LogP contribution < -0.4 is 9.62 Å². The Morgan fingerprint density at radius 3 is 2.25 bits per heavy atom. The maximum atomic E-state index is 14.5. The van der Waals surface area contributed by atoms with E-state index in [1.807, 2.05) is 0 Å². The van der Waals surface area contributed by atoms with Crippen LogP contribution in [-0.4, -0.2) is 50.0 Å². The third-order valence-electron chi connectivity index (χ3n) is 6.31. The van der Waals surface area contributed by atoms with Crippen molar-refractivity contribution in [3.63, 3.8) is 0 Å². The summed E-state index contributed by atoms with van der Waals surface area (Å²) in [5.74, 6) is -1.86. The van der Waals surface area contributed by atoms with Gasteiger partial charge in [-0.25, -0.2) is 12.8 Å². The summed E-state index contributed by atoms with van der Waals surface area (Å²) in [6.45, 7) is 0.725. The first-order chi connectivity index (χ1) is 17.0. The number of halogens is 3. The minimum atomic E-state index is -4.03. The number of nitrogens with one attached hydrogen (secondary N) is 1. The van der Waals surface area contributed by atoms with Gasteiger partial charge in [-0.15, -0.1) is 0 Å². The van der Waals surface area contributed by atoms with E-state index < -0.39 is 34.3 Å². The highest BCUT2D eigenvalue weighted by atomic mass is 35.5. The van der Waals surface area contributed by atoms with Crippen LogP contribution in [0.5, 0.6) is 0 Å². The molecule has 1 fully saturated rings. The van der Waals surface area contributed by atoms with Gasteiger partial charge in [0.15, 0.2) is 0 Å². The van der Waals surface area contributed by atoms with Crippen LogP contribution in [0.4, 0.5) is 10.1 Å². The van der Waals surface area contributed by atoms with Gasteiger partial charge in [0, 0.05) is 28.2 Å². The summed E-state index contributed by atoms with van der Waals surface area (Å²) < 4.78 is 40.3. The van der Waals surface area contributed by atoms with E-state index in [2.05, 4.69) is 5.32 Å². The van der Waals surface area contributed by atoms with Crippen LogP contribution in [0.25, 0.3) is 0 Å². The van der Waals surface area contributed by atoms with Crippen LogP contribution in [0.2, 0.25) is 10.0 Å². The van der Waals surface area contributed by atoms with Crippen molar-refractivity contribution < 1.29 is 22.4 Å². The van der Waals surface area contributed by atoms with E-state index in [-0.39, 0.29) is 24.2 Å². The van der Waals surface area contributed by atoms with Crippen LogP contribution in [-0.2, 0) is 26.2 Å². The van der Waals surface area contributed by atoms with Gasteiger partial charge >= 0.3 is 0 Å². The average molecular weight is 559 g/mol. The molecule has 7 nitrogen and oxygen atoms in total. The maximum absolute atomic E-state index is 14.5. The second kappa shape index (κ2) is 12.3. The van der Waals surface area contributed by atoms with Gasteiger partial charge in [-0.1, -0.05) is 60.7 Å². The van der Waals surface area contributed by atoms with Crippen LogP contribution >= 0.6 is 23.2 Å². The third kappa shape index (κ3) is 7.11. The zero-order valence-corrected chi connectivity index (χ0v) is 22.5. The molecule has 1 aliphatic carbocycles. The molecule has 0 heterocycles. The minimum absolute atomic E-state index is 0.0143. The predicted octanol–water partition coefficient (Wildman–Crippen LogP) is 4.76. The van der Waals surface area contributed by atoms with Crippen molar-refractivity contribution in [2.24, 2.45) is 0 Å². The van der Waals surface area contributed by atoms with E-state index in [1.54, 1.807) is 25.1 Å². The maximum Gasteiger partial charge on any atom is 0.244 e. The van der Waals surface area contributed by atoms with Gasteiger partial charge in [-0.05, 0) is 44.0 Å². The molecule has 0 aliphatic heterocycles. The van der Waals surface area contributed by atoms with Gasteiger partial charge in [-0.2, -0.15) is 0 Å². The molecule has 1 N–H and O–H groups in total. The van der Waals surface area contributed by atoms with Crippen LogP contribution in [0.3, 0.4) is 0 Å². The molecular formula is C25H30Cl2FN3O4S. The van der Waals surface area contributed by atoms with Crippen molar-refractivity contribution >= 4 is 50.7 Å². The zero-order chi connectivity index (χ0) is 26.5. The summed E-state index contributed by atoms with van der Waals surface area (Å²) in [5.41, 5.74) is 0.159. The Morgan fingerprint density at radius 2 is 1.67 bits per heavy atom. The lowest BCUT2D eigenvalue weighted by molar-refractivity contribution is -0.139. The molecule has 2 amide bonds. The number of hydrogen-bond acceptors (Lipinski definition) is 4. The molecule has 2 aromatic rings. The molecule has 2 aromatic carbocycles. The number of para-hydroxylation sites is 1. The van der Waals surface area contributed by atoms with Crippen molar-refractivity contribution in [3.05, 3.63) is 63.9 Å². The molecule has 3 rings (SSSR count). The number of sulfonamides is 1. The van der Waals surface area contributed by atoms with Crippen molar-refractivity contribution in [2.45, 2.75) is 57.7 Å². The smallest absolute Gasteiger partial charge is 0.244 e. The lowest BCUT2D eigenvalue weighted by Gasteiger charge is -2.33. The number of carbonyl (C=O) groups is 2. The Bertz CT molecular complexity index is 1190. The van der Waals surface area contributed by atoms with E-state index in [0.717, 1.165) is 44.4 Å². The van der Waals surface area contributed by atoms with Gasteiger partial charge in [0.05, 0.1) is 11.9 Å². The topological polar surface area (TPSA) is 86.8 Å². The number of nitrogens with zero attached hydrogens (tertiary/aromatic N) is 2. The van der Waals surface area contributed by atoms with E-state index >= 15 is 0 Å². The van der Waals surface area contributed by atoms with Gasteiger partial charge in [0.1, 0.15) is 18.4 Å². The largest absolute Gasteiger partial charge is 0.352 e. The summed E-state index contributed by atoms with van der Waals surface area (Å²) in [6.07, 6.45) is 5.76. The van der Waals surface area contributed by atoms with E-state index in [1.165, 1.54) is 23.1 Å². The van der Waals surface area contributed by atoms with Crippen molar-refractivity contribution in [1.29, 1.82) is 0 Å². The summed E-state index contributed by atoms with van der Waals surface area (Å²) in [7, 11) is -4.03. The Kier molecular flexibility index (Phi) is 9.60. The fourth-order valence-electron chi connectivity index (χ4n) is 4.25. The monoisotopic (exact) mass is 557 g/mol. The molecule has 0 saturated heterocycles. The Balaban J connectivity index is 1.92. The zero-order valence-electron chi connectivity index (χ0n) is 20.2. The van der Waals surface area contributed by atoms with Crippen molar-refractivity contribution in [3.8, 4) is 0 Å². The van der Waals surface area contributed by atoms with Crippen LogP contribution in [0.15, 0.2) is 42.5 Å². The second-order valence-corrected chi connectivity index (χ2v) is 11.7. The van der Waals surface area contributed by atoms with Crippen LogP contribution in [0, 0.1) is 5.82 Å². The number of benzene rings is 2. The predicted molar refractivity (Wildman–Crippen MR) is 140 cm³/mol. The quantitative estimate of drug-likeness (QED) is 0.481. The first kappa shape index (κ1) is 28.2. The van der Waals surface area contributed by atoms with E-state index in [9.17, 15) is 22.4 Å². The normalized spacial score (nSPS) is 15.2.